The number of carboxylic acids is 1. The summed E-state index contributed by atoms with van der Waals surface area (Å²) in [5, 5.41) is 12.1. The van der Waals surface area contributed by atoms with Gasteiger partial charge in [0.05, 0.1) is 0 Å². The van der Waals surface area contributed by atoms with Crippen molar-refractivity contribution < 1.29 is 9.90 Å². The molecule has 1 atom stereocenters. The molecule has 19 heavy (non-hydrogen) atoms. The second kappa shape index (κ2) is 6.57. The molecule has 0 saturated carbocycles. The molecule has 0 bridgehead atoms. The lowest BCUT2D eigenvalue weighted by atomic mass is 9.96. The van der Waals surface area contributed by atoms with Gasteiger partial charge in [-0.1, -0.05) is 18.2 Å². The van der Waals surface area contributed by atoms with Crippen LogP contribution in [0.25, 0.3) is 0 Å². The zero-order valence-corrected chi connectivity index (χ0v) is 12.2. The Balaban J connectivity index is 2.54. The summed E-state index contributed by atoms with van der Waals surface area (Å²) >= 11 is 0. The van der Waals surface area contributed by atoms with Gasteiger partial charge in [-0.25, -0.2) is 0 Å². The summed E-state index contributed by atoms with van der Waals surface area (Å²) in [4.78, 5) is 13.3. The average molecular weight is 264 g/mol. The van der Waals surface area contributed by atoms with Crippen LogP contribution in [0.3, 0.4) is 0 Å². The number of hydrogen-bond donors (Lipinski definition) is 2. The molecule has 0 aromatic heterocycles. The first-order valence-corrected chi connectivity index (χ1v) is 6.60. The van der Waals surface area contributed by atoms with Gasteiger partial charge in [0.2, 0.25) is 0 Å². The van der Waals surface area contributed by atoms with Gasteiger partial charge in [0.25, 0.3) is 0 Å². The van der Waals surface area contributed by atoms with Crippen molar-refractivity contribution in [1.29, 1.82) is 0 Å². The van der Waals surface area contributed by atoms with Crippen molar-refractivity contribution in [3.8, 4) is 0 Å². The Morgan fingerprint density at radius 1 is 1.42 bits per heavy atom. The van der Waals surface area contributed by atoms with Crippen LogP contribution in [0.15, 0.2) is 24.3 Å². The molecule has 2 N–H and O–H groups in total. The van der Waals surface area contributed by atoms with Crippen LogP contribution in [0.2, 0.25) is 0 Å². The van der Waals surface area contributed by atoms with E-state index in [0.29, 0.717) is 6.42 Å². The largest absolute Gasteiger partial charge is 0.480 e. The van der Waals surface area contributed by atoms with E-state index in [2.05, 4.69) is 29.3 Å². The third kappa shape index (κ3) is 3.96. The summed E-state index contributed by atoms with van der Waals surface area (Å²) in [6.45, 7) is 4.65. The maximum atomic E-state index is 11.2. The standard InChI is InChI=1S/C15H24N2O2/c1-12-8-5-6-9-13(12)17(4)11-7-10-15(2,16-3)14(18)19/h5-6,8-9,16H,7,10-11H2,1-4H3,(H,18,19). The number of carbonyl (C=O) groups is 1. The smallest absolute Gasteiger partial charge is 0.323 e. The molecule has 0 aliphatic rings. The van der Waals surface area contributed by atoms with Crippen LogP contribution >= 0.6 is 0 Å². The van der Waals surface area contributed by atoms with Gasteiger partial charge in [-0.05, 0) is 45.4 Å². The lowest BCUT2D eigenvalue weighted by Gasteiger charge is -2.26. The summed E-state index contributed by atoms with van der Waals surface area (Å²) in [5.41, 5.74) is 1.59. The average Bonchev–Trinajstić information content (AvgIpc) is 2.38. The summed E-state index contributed by atoms with van der Waals surface area (Å²) in [6, 6.07) is 8.22. The van der Waals surface area contributed by atoms with Gasteiger partial charge in [0.15, 0.2) is 0 Å². The molecule has 0 fully saturated rings. The number of aryl methyl sites for hydroxylation is 1. The van der Waals surface area contributed by atoms with E-state index in [1.165, 1.54) is 11.3 Å². The molecule has 0 heterocycles. The number of benzene rings is 1. The normalized spacial score (nSPS) is 13.9. The minimum Gasteiger partial charge on any atom is -0.480 e. The van der Waals surface area contributed by atoms with Gasteiger partial charge < -0.3 is 15.3 Å². The number of likely N-dealkylation sites (N-methyl/N-ethyl adjacent to an activating group) is 1. The first kappa shape index (κ1) is 15.5. The number of nitrogens with zero attached hydrogens (tertiary/aromatic N) is 1. The van der Waals surface area contributed by atoms with E-state index >= 15 is 0 Å². The molecule has 0 aliphatic carbocycles. The Bertz CT molecular complexity index is 434. The summed E-state index contributed by atoms with van der Waals surface area (Å²) in [5.74, 6) is -0.798. The molecule has 1 rings (SSSR count). The molecule has 4 nitrogen and oxygen atoms in total. The monoisotopic (exact) mass is 264 g/mol. The molecule has 0 spiro atoms. The molecule has 0 aliphatic heterocycles. The van der Waals surface area contributed by atoms with Crippen molar-refractivity contribution in [3.05, 3.63) is 29.8 Å². The van der Waals surface area contributed by atoms with Crippen molar-refractivity contribution in [2.45, 2.75) is 32.2 Å². The quantitative estimate of drug-likeness (QED) is 0.793. The van der Waals surface area contributed by atoms with Gasteiger partial charge in [0.1, 0.15) is 5.54 Å². The number of aliphatic carboxylic acids is 1. The number of para-hydroxylation sites is 1. The van der Waals surface area contributed by atoms with Crippen molar-refractivity contribution in [1.82, 2.24) is 5.32 Å². The molecule has 0 amide bonds. The van der Waals surface area contributed by atoms with E-state index in [-0.39, 0.29) is 0 Å². The van der Waals surface area contributed by atoms with E-state index in [0.717, 1.165) is 13.0 Å². The van der Waals surface area contributed by atoms with Gasteiger partial charge in [-0.15, -0.1) is 0 Å². The van der Waals surface area contributed by atoms with Crippen LogP contribution in [0, 0.1) is 6.92 Å². The Morgan fingerprint density at radius 2 is 2.05 bits per heavy atom. The molecule has 1 unspecified atom stereocenters. The molecular weight excluding hydrogens is 240 g/mol. The van der Waals surface area contributed by atoms with Crippen molar-refractivity contribution in [2.75, 3.05) is 25.5 Å². The van der Waals surface area contributed by atoms with E-state index in [1.807, 2.05) is 19.2 Å². The summed E-state index contributed by atoms with van der Waals surface area (Å²) in [7, 11) is 3.74. The van der Waals surface area contributed by atoms with Crippen LogP contribution in [0.5, 0.6) is 0 Å². The van der Waals surface area contributed by atoms with E-state index in [4.69, 9.17) is 0 Å². The Kier molecular flexibility index (Phi) is 5.36. The highest BCUT2D eigenvalue weighted by Gasteiger charge is 2.30. The number of hydrogen-bond acceptors (Lipinski definition) is 3. The Labute approximate surface area is 115 Å². The van der Waals surface area contributed by atoms with Crippen molar-refractivity contribution in [2.24, 2.45) is 0 Å². The second-order valence-electron chi connectivity index (χ2n) is 5.20. The molecule has 4 heteroatoms. The highest BCUT2D eigenvalue weighted by atomic mass is 16.4. The fraction of sp³-hybridized carbons (Fsp3) is 0.533. The molecule has 1 aromatic carbocycles. The Morgan fingerprint density at radius 3 is 2.58 bits per heavy atom. The molecule has 1 aromatic rings. The SMILES string of the molecule is CNC(C)(CCCN(C)c1ccccc1C)C(=O)O. The zero-order chi connectivity index (χ0) is 14.5. The second-order valence-corrected chi connectivity index (χ2v) is 5.20. The van der Waals surface area contributed by atoms with Crippen molar-refractivity contribution >= 4 is 11.7 Å². The number of anilines is 1. The summed E-state index contributed by atoms with van der Waals surface area (Å²) in [6.07, 6.45) is 1.43. The topological polar surface area (TPSA) is 52.6 Å². The van der Waals surface area contributed by atoms with Gasteiger partial charge in [-0.3, -0.25) is 4.79 Å². The molecule has 0 radical (unpaired) electrons. The van der Waals surface area contributed by atoms with Crippen molar-refractivity contribution in [3.63, 3.8) is 0 Å². The fourth-order valence-corrected chi connectivity index (χ4v) is 2.12. The highest BCUT2D eigenvalue weighted by molar-refractivity contribution is 5.78. The molecular formula is C15H24N2O2. The van der Waals surface area contributed by atoms with E-state index < -0.39 is 11.5 Å². The number of nitrogens with one attached hydrogen (secondary N) is 1. The maximum Gasteiger partial charge on any atom is 0.323 e. The van der Waals surface area contributed by atoms with E-state index in [9.17, 15) is 9.90 Å². The van der Waals surface area contributed by atoms with Crippen LogP contribution < -0.4 is 10.2 Å². The first-order chi connectivity index (χ1) is 8.90. The van der Waals surface area contributed by atoms with Crippen LogP contribution in [-0.4, -0.2) is 37.3 Å². The van der Waals surface area contributed by atoms with Gasteiger partial charge in [-0.2, -0.15) is 0 Å². The first-order valence-electron chi connectivity index (χ1n) is 6.60. The van der Waals surface area contributed by atoms with Crippen LogP contribution in [0.4, 0.5) is 5.69 Å². The van der Waals surface area contributed by atoms with E-state index in [1.54, 1.807) is 14.0 Å². The summed E-state index contributed by atoms with van der Waals surface area (Å²) < 4.78 is 0. The molecule has 106 valence electrons. The minimum absolute atomic E-state index is 0.606. The van der Waals surface area contributed by atoms with Crippen LogP contribution in [-0.2, 0) is 4.79 Å². The lowest BCUT2D eigenvalue weighted by Crippen LogP contribution is -2.47. The predicted octanol–water partition coefficient (Wildman–Crippen LogP) is 2.27. The highest BCUT2D eigenvalue weighted by Crippen LogP contribution is 2.19. The maximum absolute atomic E-state index is 11.2. The fourth-order valence-electron chi connectivity index (χ4n) is 2.12. The zero-order valence-electron chi connectivity index (χ0n) is 12.2. The lowest BCUT2D eigenvalue weighted by molar-refractivity contribution is -0.144. The predicted molar refractivity (Wildman–Crippen MR) is 78.8 cm³/mol. The third-order valence-electron chi connectivity index (χ3n) is 3.72. The van der Waals surface area contributed by atoms with Gasteiger partial charge in [0, 0.05) is 19.3 Å². The Hall–Kier alpha value is -1.55. The third-order valence-corrected chi connectivity index (χ3v) is 3.72. The van der Waals surface area contributed by atoms with Gasteiger partial charge >= 0.3 is 5.97 Å². The van der Waals surface area contributed by atoms with Crippen LogP contribution in [0.1, 0.15) is 25.3 Å². The number of carboxylic acid groups (broad SMARTS) is 1. The number of rotatable bonds is 7. The minimum atomic E-state index is -0.841. The molecule has 0 saturated heterocycles.